The molecule has 0 fully saturated rings. The number of carbonyl (C=O) groups is 1. The third-order valence-electron chi connectivity index (χ3n) is 4.88. The molecule has 3 aromatic rings. The van der Waals surface area contributed by atoms with E-state index in [9.17, 15) is 4.79 Å². The highest BCUT2D eigenvalue weighted by Gasteiger charge is 2.30. The number of hydrogen-bond donors (Lipinski definition) is 0. The Morgan fingerprint density at radius 3 is 2.27 bits per heavy atom. The van der Waals surface area contributed by atoms with Gasteiger partial charge in [0.15, 0.2) is 0 Å². The molecule has 1 aliphatic rings. The van der Waals surface area contributed by atoms with Crippen LogP contribution in [0.25, 0.3) is 11.8 Å². The number of carbonyl (C=O) groups excluding carboxylic acids is 1. The molecule has 5 heteroatoms. The van der Waals surface area contributed by atoms with Gasteiger partial charge in [0.2, 0.25) is 0 Å². The fourth-order valence-electron chi connectivity index (χ4n) is 3.38. The minimum absolute atomic E-state index is 0.0778. The Morgan fingerprint density at radius 2 is 1.63 bits per heavy atom. The Hall–Kier alpha value is -3.31. The van der Waals surface area contributed by atoms with Gasteiger partial charge >= 0.3 is 0 Å². The minimum Gasteiger partial charge on any atom is -0.497 e. The van der Waals surface area contributed by atoms with E-state index in [-0.39, 0.29) is 5.91 Å². The molecule has 0 radical (unpaired) electrons. The summed E-state index contributed by atoms with van der Waals surface area (Å²) in [5.74, 6) is 1.41. The van der Waals surface area contributed by atoms with Crippen LogP contribution < -0.4 is 14.4 Å². The average Bonchev–Trinajstić information content (AvgIpc) is 3.10. The Labute approximate surface area is 184 Å². The average molecular weight is 462 g/mol. The third kappa shape index (κ3) is 3.89. The van der Waals surface area contributed by atoms with Crippen LogP contribution >= 0.6 is 15.9 Å². The Kier molecular flexibility index (Phi) is 5.72. The molecule has 0 atom stereocenters. The SMILES string of the molecule is COc1ccc(N2C(=O)C(=Cc3ccc(OC)c(Br)c3)C=C2c2ccccc2)cc1. The van der Waals surface area contributed by atoms with E-state index in [2.05, 4.69) is 15.9 Å². The maximum atomic E-state index is 13.4. The van der Waals surface area contributed by atoms with E-state index in [1.807, 2.05) is 84.9 Å². The lowest BCUT2D eigenvalue weighted by Gasteiger charge is -2.21. The fourth-order valence-corrected chi connectivity index (χ4v) is 3.93. The molecule has 1 amide bonds. The van der Waals surface area contributed by atoms with E-state index >= 15 is 0 Å². The quantitative estimate of drug-likeness (QED) is 0.441. The summed E-state index contributed by atoms with van der Waals surface area (Å²) in [6.07, 6.45) is 3.82. The van der Waals surface area contributed by atoms with Crippen molar-refractivity contribution in [3.8, 4) is 11.5 Å². The lowest BCUT2D eigenvalue weighted by atomic mass is 10.1. The largest absolute Gasteiger partial charge is 0.497 e. The molecule has 150 valence electrons. The highest BCUT2D eigenvalue weighted by atomic mass is 79.9. The summed E-state index contributed by atoms with van der Waals surface area (Å²) in [7, 11) is 3.25. The van der Waals surface area contributed by atoms with Crippen LogP contribution in [0.15, 0.2) is 88.9 Å². The summed E-state index contributed by atoms with van der Waals surface area (Å²) >= 11 is 3.51. The van der Waals surface area contributed by atoms with Crippen molar-refractivity contribution in [2.75, 3.05) is 19.1 Å². The molecule has 1 aliphatic heterocycles. The second-order valence-corrected chi connectivity index (χ2v) is 7.58. The van der Waals surface area contributed by atoms with Crippen molar-refractivity contribution >= 4 is 39.3 Å². The van der Waals surface area contributed by atoms with Crippen LogP contribution in [-0.2, 0) is 4.79 Å². The summed E-state index contributed by atoms with van der Waals surface area (Å²) in [4.78, 5) is 15.1. The van der Waals surface area contributed by atoms with Crippen molar-refractivity contribution in [1.29, 1.82) is 0 Å². The van der Waals surface area contributed by atoms with Crippen LogP contribution in [0.5, 0.6) is 11.5 Å². The first-order valence-electron chi connectivity index (χ1n) is 9.41. The first-order valence-corrected chi connectivity index (χ1v) is 10.2. The minimum atomic E-state index is -0.0778. The van der Waals surface area contributed by atoms with E-state index in [0.29, 0.717) is 5.57 Å². The summed E-state index contributed by atoms with van der Waals surface area (Å²) in [6, 6.07) is 23.1. The van der Waals surface area contributed by atoms with Crippen LogP contribution in [0.1, 0.15) is 11.1 Å². The normalized spacial score (nSPS) is 14.8. The van der Waals surface area contributed by atoms with Gasteiger partial charge in [0.25, 0.3) is 5.91 Å². The van der Waals surface area contributed by atoms with Crippen molar-refractivity contribution in [3.05, 3.63) is 100 Å². The van der Waals surface area contributed by atoms with Gasteiger partial charge in [-0.3, -0.25) is 9.69 Å². The lowest BCUT2D eigenvalue weighted by molar-refractivity contribution is -0.113. The summed E-state index contributed by atoms with van der Waals surface area (Å²) in [5.41, 5.74) is 4.12. The first kappa shape index (κ1) is 20.0. The van der Waals surface area contributed by atoms with Crippen LogP contribution in [-0.4, -0.2) is 20.1 Å². The second-order valence-electron chi connectivity index (χ2n) is 6.73. The zero-order chi connectivity index (χ0) is 21.1. The fraction of sp³-hybridized carbons (Fsp3) is 0.0800. The van der Waals surface area contributed by atoms with Crippen molar-refractivity contribution in [2.24, 2.45) is 0 Å². The monoisotopic (exact) mass is 461 g/mol. The van der Waals surface area contributed by atoms with Gasteiger partial charge in [-0.05, 0) is 75.6 Å². The van der Waals surface area contributed by atoms with Crippen molar-refractivity contribution < 1.29 is 14.3 Å². The third-order valence-corrected chi connectivity index (χ3v) is 5.50. The maximum absolute atomic E-state index is 13.4. The predicted octanol–water partition coefficient (Wildman–Crippen LogP) is 5.94. The molecule has 0 spiro atoms. The predicted molar refractivity (Wildman–Crippen MR) is 124 cm³/mol. The number of nitrogens with zero attached hydrogens (tertiary/aromatic N) is 1. The molecular weight excluding hydrogens is 442 g/mol. The zero-order valence-corrected chi connectivity index (χ0v) is 18.2. The summed E-state index contributed by atoms with van der Waals surface area (Å²) in [5, 5.41) is 0. The van der Waals surface area contributed by atoms with Gasteiger partial charge in [0.05, 0.1) is 24.4 Å². The highest BCUT2D eigenvalue weighted by Crippen LogP contribution is 2.36. The van der Waals surface area contributed by atoms with Crippen LogP contribution in [0, 0.1) is 0 Å². The molecule has 0 aliphatic carbocycles. The first-order chi connectivity index (χ1) is 14.6. The molecule has 0 aromatic heterocycles. The van der Waals surface area contributed by atoms with Gasteiger partial charge in [0.1, 0.15) is 11.5 Å². The summed E-state index contributed by atoms with van der Waals surface area (Å²) in [6.45, 7) is 0. The molecule has 4 nitrogen and oxygen atoms in total. The Morgan fingerprint density at radius 1 is 0.900 bits per heavy atom. The van der Waals surface area contributed by atoms with E-state index in [4.69, 9.17) is 9.47 Å². The lowest BCUT2D eigenvalue weighted by Crippen LogP contribution is -2.24. The molecule has 1 heterocycles. The molecule has 4 rings (SSSR count). The summed E-state index contributed by atoms with van der Waals surface area (Å²) < 4.78 is 11.4. The number of ether oxygens (including phenoxy) is 2. The number of halogens is 1. The number of benzene rings is 3. The number of anilines is 1. The number of amides is 1. The van der Waals surface area contributed by atoms with Crippen LogP contribution in [0.2, 0.25) is 0 Å². The van der Waals surface area contributed by atoms with E-state index in [1.165, 1.54) is 0 Å². The number of hydrogen-bond acceptors (Lipinski definition) is 3. The molecule has 0 bridgehead atoms. The molecular formula is C25H20BrNO3. The van der Waals surface area contributed by atoms with Crippen molar-refractivity contribution in [2.45, 2.75) is 0 Å². The Balaban J connectivity index is 1.78. The van der Waals surface area contributed by atoms with Gasteiger partial charge in [-0.15, -0.1) is 0 Å². The molecule has 3 aromatic carbocycles. The van der Waals surface area contributed by atoms with E-state index < -0.39 is 0 Å². The zero-order valence-electron chi connectivity index (χ0n) is 16.6. The van der Waals surface area contributed by atoms with E-state index in [1.54, 1.807) is 19.1 Å². The molecule has 0 N–H and O–H groups in total. The molecule has 30 heavy (non-hydrogen) atoms. The van der Waals surface area contributed by atoms with E-state index in [0.717, 1.165) is 38.5 Å². The Bertz CT molecular complexity index is 1130. The van der Waals surface area contributed by atoms with Crippen molar-refractivity contribution in [3.63, 3.8) is 0 Å². The van der Waals surface area contributed by atoms with Gasteiger partial charge in [-0.1, -0.05) is 36.4 Å². The number of methoxy groups -OCH3 is 2. The standard InChI is InChI=1S/C25H20BrNO3/c1-29-21-11-9-20(10-12-21)27-23(18-6-4-3-5-7-18)16-19(25(27)28)14-17-8-13-24(30-2)22(26)15-17/h3-16H,1-2H3. The van der Waals surface area contributed by atoms with Crippen molar-refractivity contribution in [1.82, 2.24) is 0 Å². The molecule has 0 saturated heterocycles. The maximum Gasteiger partial charge on any atom is 0.262 e. The number of rotatable bonds is 5. The van der Waals surface area contributed by atoms with Gasteiger partial charge < -0.3 is 9.47 Å². The molecule has 0 unspecified atom stereocenters. The van der Waals surface area contributed by atoms with Gasteiger partial charge in [-0.2, -0.15) is 0 Å². The second kappa shape index (κ2) is 8.59. The van der Waals surface area contributed by atoms with Gasteiger partial charge in [0, 0.05) is 11.3 Å². The topological polar surface area (TPSA) is 38.8 Å². The van der Waals surface area contributed by atoms with Crippen LogP contribution in [0.4, 0.5) is 5.69 Å². The van der Waals surface area contributed by atoms with Gasteiger partial charge in [-0.25, -0.2) is 0 Å². The smallest absolute Gasteiger partial charge is 0.262 e. The highest BCUT2D eigenvalue weighted by molar-refractivity contribution is 9.10. The molecule has 0 saturated carbocycles. The van der Waals surface area contributed by atoms with Crippen LogP contribution in [0.3, 0.4) is 0 Å².